The Morgan fingerprint density at radius 1 is 1.30 bits per heavy atom. The van der Waals surface area contributed by atoms with E-state index in [0.29, 0.717) is 12.2 Å². The fourth-order valence-electron chi connectivity index (χ4n) is 2.01. The molecule has 0 aromatic carbocycles. The van der Waals surface area contributed by atoms with Gasteiger partial charge in [0.25, 0.3) is 5.91 Å². The fraction of sp³-hybridized carbons (Fsp3) is 0.438. The fourth-order valence-corrected chi connectivity index (χ4v) is 3.52. The van der Waals surface area contributed by atoms with Crippen molar-refractivity contribution in [1.29, 1.82) is 0 Å². The quantitative estimate of drug-likeness (QED) is 0.899. The van der Waals surface area contributed by atoms with Crippen molar-refractivity contribution in [3.8, 4) is 10.6 Å². The summed E-state index contributed by atoms with van der Waals surface area (Å²) in [6.45, 7) is 8.09. The summed E-state index contributed by atoms with van der Waals surface area (Å²) >= 11 is 3.03. The minimum atomic E-state index is -0.313. The lowest BCUT2D eigenvalue weighted by Crippen LogP contribution is -2.47. The van der Waals surface area contributed by atoms with Gasteiger partial charge in [-0.05, 0) is 39.1 Å². The standard InChI is InChI=1S/C16H21N3O2S2/c1-5-19(8-13(20)18-16(2,3)4)15(21)12-10-23-14(17-12)11-6-7-22-9-11/h6-7,9-10H,5,8H2,1-4H3,(H,18,20). The summed E-state index contributed by atoms with van der Waals surface area (Å²) in [6.07, 6.45) is 0. The zero-order chi connectivity index (χ0) is 17.0. The topological polar surface area (TPSA) is 62.3 Å². The maximum Gasteiger partial charge on any atom is 0.273 e. The molecule has 0 bridgehead atoms. The molecule has 7 heteroatoms. The van der Waals surface area contributed by atoms with E-state index < -0.39 is 0 Å². The molecule has 0 saturated carbocycles. The monoisotopic (exact) mass is 351 g/mol. The smallest absolute Gasteiger partial charge is 0.273 e. The van der Waals surface area contributed by atoms with E-state index in [1.54, 1.807) is 16.7 Å². The van der Waals surface area contributed by atoms with Crippen LogP contribution in [0.15, 0.2) is 22.2 Å². The molecule has 2 aromatic rings. The van der Waals surface area contributed by atoms with Crippen molar-refractivity contribution >= 4 is 34.5 Å². The molecule has 2 aromatic heterocycles. The maximum absolute atomic E-state index is 12.6. The number of thiazole rings is 1. The van der Waals surface area contributed by atoms with Crippen molar-refractivity contribution in [2.75, 3.05) is 13.1 Å². The Hall–Kier alpha value is -1.73. The summed E-state index contributed by atoms with van der Waals surface area (Å²) in [4.78, 5) is 30.5. The maximum atomic E-state index is 12.6. The Labute approximate surface area is 144 Å². The molecule has 5 nitrogen and oxygen atoms in total. The zero-order valence-corrected chi connectivity index (χ0v) is 15.4. The number of carbonyl (C=O) groups excluding carboxylic acids is 2. The molecule has 124 valence electrons. The van der Waals surface area contributed by atoms with Crippen LogP contribution in [0.2, 0.25) is 0 Å². The minimum absolute atomic E-state index is 0.0396. The van der Waals surface area contributed by atoms with Crippen molar-refractivity contribution in [3.05, 3.63) is 27.9 Å². The van der Waals surface area contributed by atoms with Gasteiger partial charge in [-0.15, -0.1) is 11.3 Å². The van der Waals surface area contributed by atoms with Crippen LogP contribution in [-0.2, 0) is 4.79 Å². The summed E-state index contributed by atoms with van der Waals surface area (Å²) in [7, 11) is 0. The van der Waals surface area contributed by atoms with E-state index in [1.807, 2.05) is 44.5 Å². The Balaban J connectivity index is 2.06. The number of nitrogens with one attached hydrogen (secondary N) is 1. The molecule has 0 radical (unpaired) electrons. The predicted octanol–water partition coefficient (Wildman–Crippen LogP) is 3.25. The highest BCUT2D eigenvalue weighted by atomic mass is 32.1. The van der Waals surface area contributed by atoms with Crippen LogP contribution >= 0.6 is 22.7 Å². The lowest BCUT2D eigenvalue weighted by molar-refractivity contribution is -0.123. The number of rotatable bonds is 5. The van der Waals surface area contributed by atoms with Gasteiger partial charge in [-0.3, -0.25) is 9.59 Å². The van der Waals surface area contributed by atoms with Crippen molar-refractivity contribution < 1.29 is 9.59 Å². The van der Waals surface area contributed by atoms with E-state index in [2.05, 4.69) is 10.3 Å². The molecule has 0 unspecified atom stereocenters. The molecule has 0 fully saturated rings. The van der Waals surface area contributed by atoms with E-state index >= 15 is 0 Å². The second-order valence-corrected chi connectivity index (χ2v) is 7.81. The summed E-state index contributed by atoms with van der Waals surface area (Å²) in [6, 6.07) is 1.98. The van der Waals surface area contributed by atoms with Crippen LogP contribution in [0.4, 0.5) is 0 Å². The molecule has 23 heavy (non-hydrogen) atoms. The third-order valence-electron chi connectivity index (χ3n) is 3.01. The molecule has 0 saturated heterocycles. The van der Waals surface area contributed by atoms with E-state index in [-0.39, 0.29) is 23.9 Å². The Morgan fingerprint density at radius 3 is 2.61 bits per heavy atom. The molecule has 0 atom stereocenters. The van der Waals surface area contributed by atoms with E-state index in [4.69, 9.17) is 0 Å². The number of nitrogens with zero attached hydrogens (tertiary/aromatic N) is 2. The van der Waals surface area contributed by atoms with Gasteiger partial charge in [-0.1, -0.05) is 0 Å². The Bertz CT molecular complexity index is 672. The van der Waals surface area contributed by atoms with Gasteiger partial charge in [0, 0.05) is 28.4 Å². The molecule has 0 spiro atoms. The average Bonchev–Trinajstić information content (AvgIpc) is 3.11. The number of hydrogen-bond donors (Lipinski definition) is 1. The summed E-state index contributed by atoms with van der Waals surface area (Å²) in [5, 5.41) is 9.42. The first kappa shape index (κ1) is 17.6. The van der Waals surface area contributed by atoms with Gasteiger partial charge in [-0.25, -0.2) is 4.98 Å². The third kappa shape index (κ3) is 4.87. The highest BCUT2D eigenvalue weighted by Crippen LogP contribution is 2.26. The van der Waals surface area contributed by atoms with Crippen LogP contribution in [-0.4, -0.2) is 40.3 Å². The number of aromatic nitrogens is 1. The summed E-state index contributed by atoms with van der Waals surface area (Å²) < 4.78 is 0. The molecular formula is C16H21N3O2S2. The number of amides is 2. The highest BCUT2D eigenvalue weighted by molar-refractivity contribution is 7.14. The molecule has 2 rings (SSSR count). The molecule has 0 aliphatic rings. The summed E-state index contributed by atoms with van der Waals surface area (Å²) in [5.74, 6) is -0.379. The molecule has 1 N–H and O–H groups in total. The first-order valence-electron chi connectivity index (χ1n) is 7.38. The number of thiophene rings is 1. The van der Waals surface area contributed by atoms with Crippen molar-refractivity contribution in [2.24, 2.45) is 0 Å². The SMILES string of the molecule is CCN(CC(=O)NC(C)(C)C)C(=O)c1csc(-c2ccsc2)n1. The average molecular weight is 351 g/mol. The van der Waals surface area contributed by atoms with Crippen molar-refractivity contribution in [1.82, 2.24) is 15.2 Å². The van der Waals surface area contributed by atoms with Gasteiger partial charge in [0.1, 0.15) is 10.7 Å². The van der Waals surface area contributed by atoms with E-state index in [1.165, 1.54) is 16.2 Å². The second kappa shape index (κ2) is 7.23. The number of carbonyl (C=O) groups is 2. The highest BCUT2D eigenvalue weighted by Gasteiger charge is 2.22. The first-order chi connectivity index (χ1) is 10.8. The Kier molecular flexibility index (Phi) is 5.54. The number of likely N-dealkylation sites (N-methyl/N-ethyl adjacent to an activating group) is 1. The van der Waals surface area contributed by atoms with Crippen LogP contribution in [0.3, 0.4) is 0 Å². The molecule has 2 heterocycles. The third-order valence-corrected chi connectivity index (χ3v) is 4.58. The molecular weight excluding hydrogens is 330 g/mol. The van der Waals surface area contributed by atoms with Crippen LogP contribution in [0, 0.1) is 0 Å². The van der Waals surface area contributed by atoms with Crippen LogP contribution in [0.25, 0.3) is 10.6 Å². The van der Waals surface area contributed by atoms with Crippen molar-refractivity contribution in [3.63, 3.8) is 0 Å². The summed E-state index contributed by atoms with van der Waals surface area (Å²) in [5.41, 5.74) is 1.10. The van der Waals surface area contributed by atoms with Gasteiger partial charge >= 0.3 is 0 Å². The second-order valence-electron chi connectivity index (χ2n) is 6.17. The van der Waals surface area contributed by atoms with Crippen molar-refractivity contribution in [2.45, 2.75) is 33.2 Å². The lowest BCUT2D eigenvalue weighted by atomic mass is 10.1. The number of hydrogen-bond acceptors (Lipinski definition) is 5. The van der Waals surface area contributed by atoms with E-state index in [9.17, 15) is 9.59 Å². The van der Waals surface area contributed by atoms with Gasteiger partial charge in [0.2, 0.25) is 5.91 Å². The van der Waals surface area contributed by atoms with Gasteiger partial charge in [-0.2, -0.15) is 11.3 Å². The zero-order valence-electron chi connectivity index (χ0n) is 13.8. The van der Waals surface area contributed by atoms with Crippen LogP contribution < -0.4 is 5.32 Å². The molecule has 0 aliphatic heterocycles. The lowest BCUT2D eigenvalue weighted by Gasteiger charge is -2.24. The Morgan fingerprint density at radius 2 is 2.04 bits per heavy atom. The molecule has 2 amide bonds. The van der Waals surface area contributed by atoms with Crippen LogP contribution in [0.5, 0.6) is 0 Å². The van der Waals surface area contributed by atoms with E-state index in [0.717, 1.165) is 10.6 Å². The van der Waals surface area contributed by atoms with Crippen LogP contribution in [0.1, 0.15) is 38.2 Å². The largest absolute Gasteiger partial charge is 0.350 e. The van der Waals surface area contributed by atoms with Gasteiger partial charge < -0.3 is 10.2 Å². The predicted molar refractivity (Wildman–Crippen MR) is 94.9 cm³/mol. The molecule has 0 aliphatic carbocycles. The minimum Gasteiger partial charge on any atom is -0.350 e. The normalized spacial score (nSPS) is 11.3. The van der Waals surface area contributed by atoms with Gasteiger partial charge in [0.15, 0.2) is 0 Å². The first-order valence-corrected chi connectivity index (χ1v) is 9.21. The van der Waals surface area contributed by atoms with Gasteiger partial charge in [0.05, 0.1) is 6.54 Å².